The van der Waals surface area contributed by atoms with Crippen LogP contribution in [0.15, 0.2) is 36.7 Å². The Morgan fingerprint density at radius 2 is 1.68 bits per heavy atom. The number of anilines is 2. The van der Waals surface area contributed by atoms with Crippen LogP contribution in [0.1, 0.15) is 54.4 Å². The van der Waals surface area contributed by atoms with Crippen LogP contribution >= 0.6 is 0 Å². The van der Waals surface area contributed by atoms with E-state index in [-0.39, 0.29) is 5.91 Å². The molecule has 0 unspecified atom stereocenters. The average Bonchev–Trinajstić information content (AvgIpc) is 2.79. The molecule has 2 saturated heterocycles. The Balaban J connectivity index is 1.44. The molecule has 2 aromatic rings. The maximum Gasteiger partial charge on any atom is 0.257 e. The number of hydrogen-bond acceptors (Lipinski definition) is 5. The minimum absolute atomic E-state index is 0.0824. The molecule has 6 heteroatoms. The normalized spacial score (nSPS) is 17.4. The fraction of sp³-hybridized carbons (Fsp3) is 0.500. The number of carbonyl (C=O) groups excluding carboxylic acids is 1. The number of piperidine rings is 2. The van der Waals surface area contributed by atoms with Gasteiger partial charge in [-0.15, -0.1) is 0 Å². The highest BCUT2D eigenvalue weighted by atomic mass is 16.2. The van der Waals surface area contributed by atoms with Gasteiger partial charge in [-0.05, 0) is 68.4 Å². The molecule has 6 nitrogen and oxygen atoms in total. The summed E-state index contributed by atoms with van der Waals surface area (Å²) in [5.41, 5.74) is 1.81. The lowest BCUT2D eigenvalue weighted by Gasteiger charge is -2.28. The molecule has 148 valence electrons. The van der Waals surface area contributed by atoms with Gasteiger partial charge in [-0.2, -0.15) is 0 Å². The van der Waals surface area contributed by atoms with Crippen molar-refractivity contribution < 1.29 is 4.79 Å². The molecule has 1 N–H and O–H groups in total. The summed E-state index contributed by atoms with van der Waals surface area (Å²) in [5, 5.41) is 3.37. The smallest absolute Gasteiger partial charge is 0.257 e. The molecule has 2 aliphatic heterocycles. The molecule has 2 aromatic heterocycles. The van der Waals surface area contributed by atoms with Crippen molar-refractivity contribution >= 4 is 17.5 Å². The average molecular weight is 380 g/mol. The topological polar surface area (TPSA) is 61.4 Å². The number of nitrogens with zero attached hydrogens (tertiary/aromatic N) is 4. The SMILES string of the molecule is O=C(c1cccnc1NCc1ccnc(N2CCCCC2)c1)N1CCCCC1. The van der Waals surface area contributed by atoms with Crippen molar-refractivity contribution in [3.63, 3.8) is 0 Å². The van der Waals surface area contributed by atoms with Gasteiger partial charge in [0.05, 0.1) is 5.56 Å². The number of rotatable bonds is 5. The largest absolute Gasteiger partial charge is 0.365 e. The Morgan fingerprint density at radius 1 is 0.929 bits per heavy atom. The van der Waals surface area contributed by atoms with Crippen LogP contribution in [0.5, 0.6) is 0 Å². The fourth-order valence-corrected chi connectivity index (χ4v) is 4.04. The van der Waals surface area contributed by atoms with Crippen molar-refractivity contribution in [2.75, 3.05) is 36.4 Å². The van der Waals surface area contributed by atoms with E-state index >= 15 is 0 Å². The predicted molar refractivity (Wildman–Crippen MR) is 112 cm³/mol. The van der Waals surface area contributed by atoms with Crippen LogP contribution in [0.25, 0.3) is 0 Å². The van der Waals surface area contributed by atoms with Crippen LogP contribution in [0, 0.1) is 0 Å². The Labute approximate surface area is 167 Å². The van der Waals surface area contributed by atoms with E-state index in [4.69, 9.17) is 0 Å². The first-order chi connectivity index (χ1) is 13.8. The van der Waals surface area contributed by atoms with Gasteiger partial charge in [0, 0.05) is 45.1 Å². The summed E-state index contributed by atoms with van der Waals surface area (Å²) in [6, 6.07) is 7.88. The Morgan fingerprint density at radius 3 is 2.46 bits per heavy atom. The molecule has 0 radical (unpaired) electrons. The van der Waals surface area contributed by atoms with Gasteiger partial charge >= 0.3 is 0 Å². The van der Waals surface area contributed by atoms with Gasteiger partial charge in [-0.25, -0.2) is 9.97 Å². The molecule has 0 atom stereocenters. The quantitative estimate of drug-likeness (QED) is 0.858. The lowest BCUT2D eigenvalue weighted by atomic mass is 10.1. The summed E-state index contributed by atoms with van der Waals surface area (Å²) in [4.78, 5) is 26.2. The fourth-order valence-electron chi connectivity index (χ4n) is 4.04. The number of amides is 1. The zero-order valence-corrected chi connectivity index (χ0v) is 16.4. The van der Waals surface area contributed by atoms with Crippen LogP contribution in [0.2, 0.25) is 0 Å². The summed E-state index contributed by atoms with van der Waals surface area (Å²) in [6.07, 6.45) is 10.8. The van der Waals surface area contributed by atoms with Crippen molar-refractivity contribution in [3.05, 3.63) is 47.8 Å². The number of pyridine rings is 2. The second-order valence-electron chi connectivity index (χ2n) is 7.68. The first-order valence-corrected chi connectivity index (χ1v) is 10.5. The lowest BCUT2D eigenvalue weighted by Crippen LogP contribution is -2.36. The molecule has 0 aliphatic carbocycles. The van der Waals surface area contributed by atoms with E-state index in [1.807, 2.05) is 29.3 Å². The van der Waals surface area contributed by atoms with E-state index in [0.29, 0.717) is 17.9 Å². The van der Waals surface area contributed by atoms with Crippen LogP contribution in [0.4, 0.5) is 11.6 Å². The van der Waals surface area contributed by atoms with Crippen LogP contribution in [-0.4, -0.2) is 47.0 Å². The van der Waals surface area contributed by atoms with Crippen molar-refractivity contribution in [1.82, 2.24) is 14.9 Å². The lowest BCUT2D eigenvalue weighted by molar-refractivity contribution is 0.0725. The van der Waals surface area contributed by atoms with E-state index in [9.17, 15) is 4.79 Å². The van der Waals surface area contributed by atoms with E-state index in [1.54, 1.807) is 6.20 Å². The number of aromatic nitrogens is 2. The third-order valence-corrected chi connectivity index (χ3v) is 5.63. The molecule has 4 rings (SSSR count). The zero-order valence-electron chi connectivity index (χ0n) is 16.4. The molecule has 0 aromatic carbocycles. The number of likely N-dealkylation sites (tertiary alicyclic amines) is 1. The van der Waals surface area contributed by atoms with Crippen molar-refractivity contribution in [1.29, 1.82) is 0 Å². The minimum Gasteiger partial charge on any atom is -0.365 e. The molecule has 2 fully saturated rings. The Hall–Kier alpha value is -2.63. The van der Waals surface area contributed by atoms with Gasteiger partial charge in [-0.3, -0.25) is 4.79 Å². The van der Waals surface area contributed by atoms with Gasteiger partial charge < -0.3 is 15.1 Å². The van der Waals surface area contributed by atoms with Crippen LogP contribution in [-0.2, 0) is 6.54 Å². The summed E-state index contributed by atoms with van der Waals surface area (Å²) in [6.45, 7) is 4.48. The van der Waals surface area contributed by atoms with Crippen molar-refractivity contribution in [2.24, 2.45) is 0 Å². The summed E-state index contributed by atoms with van der Waals surface area (Å²) < 4.78 is 0. The first-order valence-electron chi connectivity index (χ1n) is 10.5. The van der Waals surface area contributed by atoms with Gasteiger partial charge in [0.25, 0.3) is 5.91 Å². The van der Waals surface area contributed by atoms with Crippen molar-refractivity contribution in [2.45, 2.75) is 45.1 Å². The summed E-state index contributed by atoms with van der Waals surface area (Å²) >= 11 is 0. The molecule has 0 bridgehead atoms. The minimum atomic E-state index is 0.0824. The third kappa shape index (κ3) is 4.43. The van der Waals surface area contributed by atoms with E-state index in [0.717, 1.165) is 50.4 Å². The highest BCUT2D eigenvalue weighted by Crippen LogP contribution is 2.21. The highest BCUT2D eigenvalue weighted by molar-refractivity contribution is 5.98. The summed E-state index contributed by atoms with van der Waals surface area (Å²) in [5.74, 6) is 1.79. The van der Waals surface area contributed by atoms with Gasteiger partial charge in [0.2, 0.25) is 0 Å². The number of carbonyl (C=O) groups is 1. The van der Waals surface area contributed by atoms with Gasteiger partial charge in [0.15, 0.2) is 0 Å². The molecule has 28 heavy (non-hydrogen) atoms. The van der Waals surface area contributed by atoms with Gasteiger partial charge in [-0.1, -0.05) is 0 Å². The number of hydrogen-bond donors (Lipinski definition) is 1. The second-order valence-corrected chi connectivity index (χ2v) is 7.68. The monoisotopic (exact) mass is 379 g/mol. The van der Waals surface area contributed by atoms with Crippen molar-refractivity contribution in [3.8, 4) is 0 Å². The van der Waals surface area contributed by atoms with Gasteiger partial charge in [0.1, 0.15) is 11.6 Å². The molecule has 4 heterocycles. The van der Waals surface area contributed by atoms with E-state index in [1.165, 1.54) is 25.7 Å². The molecular formula is C22H29N5O. The highest BCUT2D eigenvalue weighted by Gasteiger charge is 2.21. The maximum atomic E-state index is 12.9. The van der Waals surface area contributed by atoms with Crippen LogP contribution in [0.3, 0.4) is 0 Å². The predicted octanol–water partition coefficient (Wildman–Crippen LogP) is 3.71. The molecule has 0 spiro atoms. The number of nitrogens with one attached hydrogen (secondary N) is 1. The maximum absolute atomic E-state index is 12.9. The standard InChI is InChI=1S/C22H29N5O/c28-22(27-14-5-2-6-15-27)19-8-7-10-24-21(19)25-17-18-9-11-23-20(16-18)26-12-3-1-4-13-26/h7-11,16H,1-6,12-15,17H2,(H,24,25). The Kier molecular flexibility index (Phi) is 6.04. The molecular weight excluding hydrogens is 350 g/mol. The first kappa shape index (κ1) is 18.7. The van der Waals surface area contributed by atoms with E-state index < -0.39 is 0 Å². The zero-order chi connectivity index (χ0) is 19.2. The Bertz CT molecular complexity index is 797. The van der Waals surface area contributed by atoms with E-state index in [2.05, 4.69) is 26.3 Å². The summed E-state index contributed by atoms with van der Waals surface area (Å²) in [7, 11) is 0. The third-order valence-electron chi connectivity index (χ3n) is 5.63. The molecule has 0 saturated carbocycles. The van der Waals surface area contributed by atoms with Crippen LogP contribution < -0.4 is 10.2 Å². The second kappa shape index (κ2) is 9.04. The molecule has 1 amide bonds. The molecule has 2 aliphatic rings.